The lowest BCUT2D eigenvalue weighted by molar-refractivity contribution is -0.0287. The van der Waals surface area contributed by atoms with Gasteiger partial charge in [0, 0.05) is 18.9 Å². The van der Waals surface area contributed by atoms with Crippen LogP contribution in [-0.4, -0.2) is 9.78 Å². The van der Waals surface area contributed by atoms with E-state index in [4.69, 9.17) is 0 Å². The molecule has 1 saturated carbocycles. The van der Waals surface area contributed by atoms with Crippen molar-refractivity contribution in [3.05, 3.63) is 17.0 Å². The average Bonchev–Trinajstić information content (AvgIpc) is 2.87. The third kappa shape index (κ3) is 1.42. The van der Waals surface area contributed by atoms with Crippen LogP contribution in [0.4, 0.5) is 17.6 Å². The molecule has 94 valence electrons. The minimum Gasteiger partial charge on any atom is -0.269 e. The lowest BCUT2D eigenvalue weighted by atomic mass is 9.92. The van der Waals surface area contributed by atoms with Gasteiger partial charge in [-0.05, 0) is 19.3 Å². The van der Waals surface area contributed by atoms with E-state index in [0.29, 0.717) is 18.7 Å². The minimum absolute atomic E-state index is 0.0181. The molecule has 0 amide bonds. The molecule has 2 unspecified atom stereocenters. The predicted octanol–water partition coefficient (Wildman–Crippen LogP) is 3.44. The molecule has 1 aromatic rings. The molecule has 3 rings (SSSR count). The maximum Gasteiger partial charge on any atom is 0.282 e. The van der Waals surface area contributed by atoms with E-state index in [-0.39, 0.29) is 18.3 Å². The minimum atomic E-state index is -3.15. The first kappa shape index (κ1) is 11.0. The van der Waals surface area contributed by atoms with Gasteiger partial charge in [-0.15, -0.1) is 0 Å². The van der Waals surface area contributed by atoms with Crippen molar-refractivity contribution in [1.29, 1.82) is 0 Å². The first-order chi connectivity index (χ1) is 7.95. The van der Waals surface area contributed by atoms with E-state index in [1.165, 1.54) is 4.68 Å². The molecule has 2 atom stereocenters. The standard InChI is InChI=1S/C11H12F4N2/c1-2-17-9-6-3-5(6)4-11(14,15)7(9)8(16-17)10(12)13/h5-6,10H,2-4H2,1H3. The summed E-state index contributed by atoms with van der Waals surface area (Å²) < 4.78 is 54.6. The van der Waals surface area contributed by atoms with E-state index in [1.54, 1.807) is 6.92 Å². The highest BCUT2D eigenvalue weighted by Gasteiger charge is 2.57. The molecule has 2 aliphatic rings. The molecule has 0 N–H and O–H groups in total. The van der Waals surface area contributed by atoms with Crippen molar-refractivity contribution in [1.82, 2.24) is 9.78 Å². The largest absolute Gasteiger partial charge is 0.282 e. The van der Waals surface area contributed by atoms with Crippen LogP contribution in [0.5, 0.6) is 0 Å². The van der Waals surface area contributed by atoms with Crippen LogP contribution in [0.1, 0.15) is 49.1 Å². The molecule has 0 bridgehead atoms. The van der Waals surface area contributed by atoms with Gasteiger partial charge in [-0.3, -0.25) is 4.68 Å². The van der Waals surface area contributed by atoms with Crippen molar-refractivity contribution >= 4 is 0 Å². The fraction of sp³-hybridized carbons (Fsp3) is 0.727. The van der Waals surface area contributed by atoms with Crippen LogP contribution in [-0.2, 0) is 12.5 Å². The van der Waals surface area contributed by atoms with E-state index in [9.17, 15) is 17.6 Å². The van der Waals surface area contributed by atoms with Gasteiger partial charge in [-0.1, -0.05) is 0 Å². The second-order valence-electron chi connectivity index (χ2n) is 4.77. The van der Waals surface area contributed by atoms with Gasteiger partial charge in [-0.25, -0.2) is 17.6 Å². The molecule has 0 saturated heterocycles. The molecule has 2 nitrogen and oxygen atoms in total. The molecule has 1 heterocycles. The molecule has 17 heavy (non-hydrogen) atoms. The summed E-state index contributed by atoms with van der Waals surface area (Å²) in [5.41, 5.74) is -0.866. The first-order valence-corrected chi connectivity index (χ1v) is 5.72. The molecule has 0 spiro atoms. The maximum absolute atomic E-state index is 13.9. The summed E-state index contributed by atoms with van der Waals surface area (Å²) >= 11 is 0. The van der Waals surface area contributed by atoms with Gasteiger partial charge in [0.1, 0.15) is 5.69 Å². The Bertz CT molecular complexity index is 466. The van der Waals surface area contributed by atoms with E-state index in [0.717, 1.165) is 0 Å². The van der Waals surface area contributed by atoms with Gasteiger partial charge in [0.25, 0.3) is 12.3 Å². The molecule has 1 fully saturated rings. The van der Waals surface area contributed by atoms with Crippen LogP contribution in [0.3, 0.4) is 0 Å². The Kier molecular flexibility index (Phi) is 2.10. The fourth-order valence-electron chi connectivity index (χ4n) is 2.88. The number of hydrogen-bond donors (Lipinski definition) is 0. The lowest BCUT2D eigenvalue weighted by Crippen LogP contribution is -2.22. The van der Waals surface area contributed by atoms with E-state index < -0.39 is 23.6 Å². The van der Waals surface area contributed by atoms with E-state index in [2.05, 4.69) is 5.10 Å². The molecule has 1 aromatic heterocycles. The van der Waals surface area contributed by atoms with Crippen molar-refractivity contribution < 1.29 is 17.6 Å². The Balaban J connectivity index is 2.22. The Morgan fingerprint density at radius 3 is 2.76 bits per heavy atom. The summed E-state index contributed by atoms with van der Waals surface area (Å²) in [6.45, 7) is 2.08. The van der Waals surface area contributed by atoms with Crippen LogP contribution in [0.15, 0.2) is 0 Å². The van der Waals surface area contributed by atoms with Crippen LogP contribution in [0, 0.1) is 5.92 Å². The average molecular weight is 248 g/mol. The van der Waals surface area contributed by atoms with Gasteiger partial charge in [0.05, 0.1) is 11.3 Å². The third-order valence-electron chi connectivity index (χ3n) is 3.68. The molecule has 0 aromatic carbocycles. The molecular weight excluding hydrogens is 236 g/mol. The van der Waals surface area contributed by atoms with Crippen LogP contribution in [0.25, 0.3) is 0 Å². The highest BCUT2D eigenvalue weighted by molar-refractivity contribution is 5.41. The number of halogens is 4. The lowest BCUT2D eigenvalue weighted by Gasteiger charge is -2.23. The van der Waals surface area contributed by atoms with Crippen molar-refractivity contribution in [3.8, 4) is 0 Å². The second kappa shape index (κ2) is 3.23. The number of alkyl halides is 4. The topological polar surface area (TPSA) is 17.8 Å². The van der Waals surface area contributed by atoms with Crippen molar-refractivity contribution in [2.24, 2.45) is 5.92 Å². The van der Waals surface area contributed by atoms with Gasteiger partial charge >= 0.3 is 0 Å². The zero-order valence-corrected chi connectivity index (χ0v) is 9.26. The van der Waals surface area contributed by atoms with Gasteiger partial charge in [-0.2, -0.15) is 5.10 Å². The van der Waals surface area contributed by atoms with Crippen LogP contribution in [0.2, 0.25) is 0 Å². The smallest absolute Gasteiger partial charge is 0.269 e. The number of fused-ring (bicyclic) bond motifs is 3. The summed E-state index contributed by atoms with van der Waals surface area (Å²) in [5.74, 6) is -3.18. The number of hydrogen-bond acceptors (Lipinski definition) is 1. The van der Waals surface area contributed by atoms with Crippen molar-refractivity contribution in [3.63, 3.8) is 0 Å². The SMILES string of the molecule is CCn1nc(C(F)F)c2c1C1CC1CC2(F)F. The Morgan fingerprint density at radius 1 is 1.47 bits per heavy atom. The molecule has 2 aliphatic carbocycles. The summed E-state index contributed by atoms with van der Waals surface area (Å²) in [7, 11) is 0. The summed E-state index contributed by atoms with van der Waals surface area (Å²) in [6.07, 6.45) is -2.56. The van der Waals surface area contributed by atoms with E-state index in [1.807, 2.05) is 0 Å². The highest BCUT2D eigenvalue weighted by Crippen LogP contribution is 2.62. The third-order valence-corrected chi connectivity index (χ3v) is 3.68. The van der Waals surface area contributed by atoms with Crippen LogP contribution >= 0.6 is 0 Å². The van der Waals surface area contributed by atoms with Gasteiger partial charge in [0.2, 0.25) is 0 Å². The predicted molar refractivity (Wildman–Crippen MR) is 52.2 cm³/mol. The van der Waals surface area contributed by atoms with Crippen molar-refractivity contribution in [2.45, 2.75) is 44.6 Å². The number of nitrogens with zero attached hydrogens (tertiary/aromatic N) is 2. The first-order valence-electron chi connectivity index (χ1n) is 5.72. The normalized spacial score (nSPS) is 29.1. The Morgan fingerprint density at radius 2 is 2.18 bits per heavy atom. The van der Waals surface area contributed by atoms with Crippen molar-refractivity contribution in [2.75, 3.05) is 0 Å². The Hall–Kier alpha value is -1.07. The van der Waals surface area contributed by atoms with E-state index >= 15 is 0 Å². The monoisotopic (exact) mass is 248 g/mol. The quantitative estimate of drug-likeness (QED) is 0.733. The molecule has 0 aliphatic heterocycles. The summed E-state index contributed by atoms with van der Waals surface area (Å²) in [6, 6.07) is 0. The second-order valence-corrected chi connectivity index (χ2v) is 4.77. The van der Waals surface area contributed by atoms with Gasteiger partial charge < -0.3 is 0 Å². The molecule has 0 radical (unpaired) electrons. The molecular formula is C11H12F4N2. The summed E-state index contributed by atoms with van der Waals surface area (Å²) in [5, 5.41) is 3.67. The van der Waals surface area contributed by atoms with Gasteiger partial charge in [0.15, 0.2) is 0 Å². The number of aryl methyl sites for hydroxylation is 1. The highest BCUT2D eigenvalue weighted by atomic mass is 19.3. The maximum atomic E-state index is 13.9. The zero-order valence-electron chi connectivity index (χ0n) is 9.26. The Labute approximate surface area is 95.6 Å². The van der Waals surface area contributed by atoms with Crippen LogP contribution < -0.4 is 0 Å². The summed E-state index contributed by atoms with van der Waals surface area (Å²) in [4.78, 5) is 0. The number of rotatable bonds is 2. The number of aromatic nitrogens is 2. The zero-order chi connectivity index (χ0) is 12.4. The molecule has 6 heteroatoms. The fourth-order valence-corrected chi connectivity index (χ4v) is 2.88.